The van der Waals surface area contributed by atoms with E-state index in [9.17, 15) is 9.59 Å². The fourth-order valence-corrected chi connectivity index (χ4v) is 5.36. The summed E-state index contributed by atoms with van der Waals surface area (Å²) in [4.78, 5) is 30.0. The number of fused-ring (bicyclic) bond motifs is 2. The average Bonchev–Trinajstić information content (AvgIpc) is 3.12. The van der Waals surface area contributed by atoms with Gasteiger partial charge in [-0.05, 0) is 24.3 Å². The van der Waals surface area contributed by atoms with Crippen LogP contribution in [0.3, 0.4) is 0 Å². The van der Waals surface area contributed by atoms with Gasteiger partial charge in [0.15, 0.2) is 0 Å². The smallest absolute Gasteiger partial charge is 0.228 e. The number of nitrogens with zero attached hydrogens (tertiary/aromatic N) is 2. The Morgan fingerprint density at radius 3 is 1.46 bits per heavy atom. The van der Waals surface area contributed by atoms with Crippen molar-refractivity contribution in [1.82, 2.24) is 0 Å². The van der Waals surface area contributed by atoms with Gasteiger partial charge in [0.2, 0.25) is 11.8 Å². The molecular formula is C18H14N2O2S2. The number of benzene rings is 2. The number of para-hydroxylation sites is 2. The maximum atomic E-state index is 12.3. The highest BCUT2D eigenvalue weighted by molar-refractivity contribution is 8.07. The van der Waals surface area contributed by atoms with Crippen molar-refractivity contribution in [1.29, 1.82) is 0 Å². The quantitative estimate of drug-likeness (QED) is 0.702. The van der Waals surface area contributed by atoms with Crippen LogP contribution in [0.2, 0.25) is 0 Å². The zero-order chi connectivity index (χ0) is 16.8. The van der Waals surface area contributed by atoms with E-state index in [1.807, 2.05) is 48.5 Å². The molecule has 0 atom stereocenters. The Labute approximate surface area is 148 Å². The highest BCUT2D eigenvalue weighted by Crippen LogP contribution is 2.54. The van der Waals surface area contributed by atoms with Gasteiger partial charge in [-0.3, -0.25) is 19.4 Å². The second-order valence-corrected chi connectivity index (χ2v) is 7.52. The molecule has 2 aromatic rings. The predicted molar refractivity (Wildman–Crippen MR) is 97.9 cm³/mol. The zero-order valence-corrected chi connectivity index (χ0v) is 14.8. The molecule has 0 aliphatic carbocycles. The van der Waals surface area contributed by atoms with Gasteiger partial charge in [-0.1, -0.05) is 47.8 Å². The molecule has 2 aromatic carbocycles. The first-order chi connectivity index (χ1) is 11.6. The molecule has 0 N–H and O–H groups in total. The van der Waals surface area contributed by atoms with Crippen LogP contribution in [0.25, 0.3) is 0 Å². The summed E-state index contributed by atoms with van der Waals surface area (Å²) in [7, 11) is 0. The maximum Gasteiger partial charge on any atom is 0.228 e. The predicted octanol–water partition coefficient (Wildman–Crippen LogP) is 4.43. The maximum absolute atomic E-state index is 12.3. The Morgan fingerprint density at radius 1 is 0.708 bits per heavy atom. The van der Waals surface area contributed by atoms with Gasteiger partial charge in [-0.15, -0.1) is 0 Å². The van der Waals surface area contributed by atoms with Gasteiger partial charge in [0.1, 0.15) is 10.1 Å². The van der Waals surface area contributed by atoms with Gasteiger partial charge in [0.05, 0.1) is 11.4 Å². The van der Waals surface area contributed by atoms with Crippen LogP contribution in [0, 0.1) is 0 Å². The largest absolute Gasteiger partial charge is 0.274 e. The van der Waals surface area contributed by atoms with Gasteiger partial charge in [-0.2, -0.15) is 0 Å². The fraction of sp³-hybridized carbons (Fsp3) is 0.111. The topological polar surface area (TPSA) is 40.6 Å². The molecule has 2 heterocycles. The third-order valence-electron chi connectivity index (χ3n) is 3.84. The molecule has 0 saturated heterocycles. The molecule has 24 heavy (non-hydrogen) atoms. The van der Waals surface area contributed by atoms with Crippen LogP contribution >= 0.6 is 23.5 Å². The number of rotatable bonds is 0. The Hall–Kier alpha value is -2.18. The minimum absolute atomic E-state index is 0.0602. The summed E-state index contributed by atoms with van der Waals surface area (Å²) in [6, 6.07) is 15.6. The van der Waals surface area contributed by atoms with Crippen molar-refractivity contribution >= 4 is 46.7 Å². The van der Waals surface area contributed by atoms with Crippen LogP contribution in [-0.4, -0.2) is 11.8 Å². The summed E-state index contributed by atoms with van der Waals surface area (Å²) >= 11 is 3.06. The van der Waals surface area contributed by atoms with Gasteiger partial charge in [-0.25, -0.2) is 0 Å². The van der Waals surface area contributed by atoms with Gasteiger partial charge in [0, 0.05) is 23.6 Å². The number of amides is 2. The molecule has 2 amide bonds. The van der Waals surface area contributed by atoms with Crippen LogP contribution in [0.1, 0.15) is 13.8 Å². The molecule has 0 aromatic heterocycles. The molecule has 0 spiro atoms. The Balaban J connectivity index is 1.91. The van der Waals surface area contributed by atoms with E-state index < -0.39 is 0 Å². The average molecular weight is 354 g/mol. The van der Waals surface area contributed by atoms with Gasteiger partial charge >= 0.3 is 0 Å². The van der Waals surface area contributed by atoms with Crippen molar-refractivity contribution in [3.05, 3.63) is 58.6 Å². The lowest BCUT2D eigenvalue weighted by molar-refractivity contribution is -0.117. The van der Waals surface area contributed by atoms with E-state index in [0.717, 1.165) is 31.2 Å². The molecule has 0 fully saturated rings. The molecule has 2 aliphatic rings. The third kappa shape index (κ3) is 2.25. The second-order valence-electron chi connectivity index (χ2n) is 5.46. The summed E-state index contributed by atoms with van der Waals surface area (Å²) in [6.45, 7) is 3.10. The first-order valence-electron chi connectivity index (χ1n) is 7.47. The van der Waals surface area contributed by atoms with E-state index in [0.29, 0.717) is 0 Å². The normalized spacial score (nSPS) is 18.6. The van der Waals surface area contributed by atoms with Crippen LogP contribution in [-0.2, 0) is 9.59 Å². The number of carbonyl (C=O) groups is 2. The second kappa shape index (κ2) is 5.72. The number of thioether (sulfide) groups is 2. The standard InChI is InChI=1S/C18H14N2O2S2/c1-11(21)19-13-7-3-5-9-15(13)23-17(19)18-20(12(2)22)14-8-4-6-10-16(14)24-18/h3-10H,1-2H3/b18-17+. The minimum atomic E-state index is -0.0602. The zero-order valence-electron chi connectivity index (χ0n) is 13.1. The van der Waals surface area contributed by atoms with Crippen molar-refractivity contribution in [2.75, 3.05) is 9.80 Å². The minimum Gasteiger partial charge on any atom is -0.274 e. The SMILES string of the molecule is CC(=O)N1/C(=C2\Sc3ccccc3N2C(C)=O)Sc2ccccc21. The van der Waals surface area contributed by atoms with Crippen LogP contribution in [0.4, 0.5) is 11.4 Å². The highest BCUT2D eigenvalue weighted by Gasteiger charge is 2.37. The Bertz CT molecular complexity index is 834. The Morgan fingerprint density at radius 2 is 1.08 bits per heavy atom. The van der Waals surface area contributed by atoms with Crippen molar-refractivity contribution < 1.29 is 9.59 Å². The molecule has 120 valence electrons. The molecule has 0 unspecified atom stereocenters. The van der Waals surface area contributed by atoms with E-state index in [4.69, 9.17) is 0 Å². The first kappa shape index (κ1) is 15.4. The number of anilines is 2. The van der Waals surface area contributed by atoms with Gasteiger partial charge in [0.25, 0.3) is 0 Å². The molecule has 0 saturated carbocycles. The molecule has 6 heteroatoms. The molecule has 0 bridgehead atoms. The summed E-state index contributed by atoms with van der Waals surface area (Å²) in [5.41, 5.74) is 1.75. The summed E-state index contributed by atoms with van der Waals surface area (Å²) in [6.07, 6.45) is 0. The van der Waals surface area contributed by atoms with Crippen LogP contribution in [0.5, 0.6) is 0 Å². The lowest BCUT2D eigenvalue weighted by Crippen LogP contribution is -2.30. The van der Waals surface area contributed by atoms with Crippen LogP contribution < -0.4 is 9.80 Å². The number of hydrogen-bond acceptors (Lipinski definition) is 4. The Kier molecular flexibility index (Phi) is 3.66. The molecule has 0 radical (unpaired) electrons. The summed E-state index contributed by atoms with van der Waals surface area (Å²) in [5.74, 6) is -0.120. The monoisotopic (exact) mass is 354 g/mol. The molecule has 4 nitrogen and oxygen atoms in total. The molecular weight excluding hydrogens is 340 g/mol. The van der Waals surface area contributed by atoms with E-state index in [-0.39, 0.29) is 11.8 Å². The first-order valence-corrected chi connectivity index (χ1v) is 9.10. The lowest BCUT2D eigenvalue weighted by Gasteiger charge is -2.22. The molecule has 4 rings (SSSR count). The third-order valence-corrected chi connectivity index (χ3v) is 6.24. The van der Waals surface area contributed by atoms with Crippen LogP contribution in [0.15, 0.2) is 68.4 Å². The molecule has 2 aliphatic heterocycles. The number of carbonyl (C=O) groups excluding carboxylic acids is 2. The highest BCUT2D eigenvalue weighted by atomic mass is 32.2. The van der Waals surface area contributed by atoms with E-state index in [2.05, 4.69) is 0 Å². The van der Waals surface area contributed by atoms with Crippen molar-refractivity contribution in [2.24, 2.45) is 0 Å². The lowest BCUT2D eigenvalue weighted by atomic mass is 10.3. The summed E-state index contributed by atoms with van der Waals surface area (Å²) < 4.78 is 0. The van der Waals surface area contributed by atoms with E-state index in [1.165, 1.54) is 23.5 Å². The van der Waals surface area contributed by atoms with E-state index in [1.54, 1.807) is 23.6 Å². The van der Waals surface area contributed by atoms with Gasteiger partial charge < -0.3 is 0 Å². The van der Waals surface area contributed by atoms with Crippen molar-refractivity contribution in [3.8, 4) is 0 Å². The summed E-state index contributed by atoms with van der Waals surface area (Å²) in [5, 5.41) is 1.58. The van der Waals surface area contributed by atoms with Crippen molar-refractivity contribution in [2.45, 2.75) is 23.6 Å². The fourth-order valence-electron chi connectivity index (χ4n) is 2.88. The van der Waals surface area contributed by atoms with E-state index >= 15 is 0 Å². The number of hydrogen-bond donors (Lipinski definition) is 0. The van der Waals surface area contributed by atoms with Crippen molar-refractivity contribution in [3.63, 3.8) is 0 Å².